The lowest BCUT2D eigenvalue weighted by atomic mass is 10.0. The Labute approximate surface area is 133 Å². The van der Waals surface area contributed by atoms with Gasteiger partial charge in [0.15, 0.2) is 0 Å². The zero-order valence-electron chi connectivity index (χ0n) is 11.4. The average Bonchev–Trinajstić information content (AvgIpc) is 2.48. The van der Waals surface area contributed by atoms with Crippen molar-refractivity contribution in [2.24, 2.45) is 0 Å². The van der Waals surface area contributed by atoms with Crippen molar-refractivity contribution in [3.8, 4) is 0 Å². The molecule has 0 saturated heterocycles. The molecule has 1 nitrogen and oxygen atoms in total. The summed E-state index contributed by atoms with van der Waals surface area (Å²) in [6, 6.07) is 21.5. The number of benzene rings is 3. The molecule has 0 fully saturated rings. The molecule has 3 rings (SSSR count). The summed E-state index contributed by atoms with van der Waals surface area (Å²) in [6.45, 7) is 2.98. The van der Waals surface area contributed by atoms with Gasteiger partial charge in [0.2, 0.25) is 0 Å². The van der Waals surface area contributed by atoms with Gasteiger partial charge in [-0.15, -0.1) is 0 Å². The molecule has 20 heavy (non-hydrogen) atoms. The molecule has 0 atom stereocenters. The Morgan fingerprint density at radius 3 is 2.60 bits per heavy atom. The third kappa shape index (κ3) is 2.80. The summed E-state index contributed by atoms with van der Waals surface area (Å²) in [6.07, 6.45) is 0. The molecule has 3 aromatic carbocycles. The maximum Gasteiger partial charge on any atom is 0.0406 e. The molecule has 0 saturated carbocycles. The van der Waals surface area contributed by atoms with Crippen molar-refractivity contribution in [3.63, 3.8) is 0 Å². The Balaban J connectivity index is 1.85. The standard InChI is InChI=1S/C18H16IN/c1-13-9-10-16(11-18(13)19)20-12-15-7-4-6-14-5-2-3-8-17(14)15/h2-11,20H,12H2,1H3. The topological polar surface area (TPSA) is 12.0 Å². The van der Waals surface area contributed by atoms with Gasteiger partial charge in [0, 0.05) is 15.8 Å². The van der Waals surface area contributed by atoms with Gasteiger partial charge < -0.3 is 5.32 Å². The van der Waals surface area contributed by atoms with Gasteiger partial charge in [-0.3, -0.25) is 0 Å². The minimum atomic E-state index is 0.848. The van der Waals surface area contributed by atoms with Crippen LogP contribution in [0, 0.1) is 10.5 Å². The van der Waals surface area contributed by atoms with Gasteiger partial charge >= 0.3 is 0 Å². The quantitative estimate of drug-likeness (QED) is 0.609. The van der Waals surface area contributed by atoms with Crippen molar-refractivity contribution in [1.82, 2.24) is 0 Å². The Bertz CT molecular complexity index is 744. The highest BCUT2D eigenvalue weighted by Gasteiger charge is 2.01. The van der Waals surface area contributed by atoms with Crippen LogP contribution in [-0.2, 0) is 6.54 Å². The number of aryl methyl sites for hydroxylation is 1. The van der Waals surface area contributed by atoms with Gasteiger partial charge in [-0.25, -0.2) is 0 Å². The first kappa shape index (κ1) is 13.4. The zero-order valence-corrected chi connectivity index (χ0v) is 13.5. The van der Waals surface area contributed by atoms with Crippen LogP contribution < -0.4 is 5.32 Å². The van der Waals surface area contributed by atoms with E-state index in [1.165, 1.54) is 31.2 Å². The molecule has 0 aliphatic heterocycles. The van der Waals surface area contributed by atoms with E-state index >= 15 is 0 Å². The van der Waals surface area contributed by atoms with E-state index < -0.39 is 0 Å². The maximum atomic E-state index is 3.52. The molecule has 0 aliphatic carbocycles. The lowest BCUT2D eigenvalue weighted by molar-refractivity contribution is 1.16. The van der Waals surface area contributed by atoms with E-state index in [4.69, 9.17) is 0 Å². The maximum absolute atomic E-state index is 3.52. The predicted molar refractivity (Wildman–Crippen MR) is 95.2 cm³/mol. The third-order valence-corrected chi connectivity index (χ3v) is 4.70. The van der Waals surface area contributed by atoms with Gasteiger partial charge in [0.25, 0.3) is 0 Å². The van der Waals surface area contributed by atoms with E-state index in [1.54, 1.807) is 0 Å². The Morgan fingerprint density at radius 1 is 0.950 bits per heavy atom. The number of anilines is 1. The van der Waals surface area contributed by atoms with Crippen LogP contribution in [0.3, 0.4) is 0 Å². The van der Waals surface area contributed by atoms with Crippen molar-refractivity contribution in [3.05, 3.63) is 75.4 Å². The Hall–Kier alpha value is -1.55. The largest absolute Gasteiger partial charge is 0.381 e. The molecule has 0 radical (unpaired) electrons. The molecule has 0 aliphatic rings. The van der Waals surface area contributed by atoms with Crippen LogP contribution in [0.4, 0.5) is 5.69 Å². The van der Waals surface area contributed by atoms with Crippen LogP contribution >= 0.6 is 22.6 Å². The first-order valence-corrected chi connectivity index (χ1v) is 7.78. The first-order valence-electron chi connectivity index (χ1n) is 6.71. The molecule has 0 aromatic heterocycles. The van der Waals surface area contributed by atoms with E-state index in [1.807, 2.05) is 0 Å². The molecule has 0 spiro atoms. The van der Waals surface area contributed by atoms with Crippen LogP contribution in [0.5, 0.6) is 0 Å². The summed E-state index contributed by atoms with van der Waals surface area (Å²) in [4.78, 5) is 0. The van der Waals surface area contributed by atoms with Crippen LogP contribution in [0.25, 0.3) is 10.8 Å². The van der Waals surface area contributed by atoms with Gasteiger partial charge in [-0.05, 0) is 63.5 Å². The van der Waals surface area contributed by atoms with Crippen LogP contribution in [0.15, 0.2) is 60.7 Å². The van der Waals surface area contributed by atoms with Crippen LogP contribution in [0.2, 0.25) is 0 Å². The summed E-state index contributed by atoms with van der Waals surface area (Å²) < 4.78 is 1.30. The summed E-state index contributed by atoms with van der Waals surface area (Å²) in [5.41, 5.74) is 3.83. The molecule has 0 bridgehead atoms. The molecule has 0 heterocycles. The van der Waals surface area contributed by atoms with Crippen molar-refractivity contribution >= 4 is 39.1 Å². The minimum Gasteiger partial charge on any atom is -0.381 e. The summed E-state index contributed by atoms with van der Waals surface area (Å²) >= 11 is 2.38. The fourth-order valence-electron chi connectivity index (χ4n) is 2.35. The highest BCUT2D eigenvalue weighted by Crippen LogP contribution is 2.21. The number of hydrogen-bond acceptors (Lipinski definition) is 1. The van der Waals surface area contributed by atoms with E-state index in [-0.39, 0.29) is 0 Å². The zero-order chi connectivity index (χ0) is 13.9. The van der Waals surface area contributed by atoms with Gasteiger partial charge in [-0.1, -0.05) is 48.5 Å². The van der Waals surface area contributed by atoms with E-state index in [9.17, 15) is 0 Å². The molecule has 0 unspecified atom stereocenters. The fraction of sp³-hybridized carbons (Fsp3) is 0.111. The number of hydrogen-bond donors (Lipinski definition) is 1. The number of halogens is 1. The molecular weight excluding hydrogens is 357 g/mol. The third-order valence-electron chi connectivity index (χ3n) is 3.53. The van der Waals surface area contributed by atoms with Gasteiger partial charge in [-0.2, -0.15) is 0 Å². The Kier molecular flexibility index (Phi) is 3.92. The average molecular weight is 373 g/mol. The van der Waals surface area contributed by atoms with Crippen molar-refractivity contribution in [2.45, 2.75) is 13.5 Å². The SMILES string of the molecule is Cc1ccc(NCc2cccc3ccccc23)cc1I. The second-order valence-corrected chi connectivity index (χ2v) is 6.12. The summed E-state index contributed by atoms with van der Waals surface area (Å²) in [5, 5.41) is 6.14. The highest BCUT2D eigenvalue weighted by molar-refractivity contribution is 14.1. The van der Waals surface area contributed by atoms with E-state index in [0.717, 1.165) is 6.54 Å². The molecule has 100 valence electrons. The first-order chi connectivity index (χ1) is 9.74. The van der Waals surface area contributed by atoms with Crippen molar-refractivity contribution in [1.29, 1.82) is 0 Å². The molecule has 3 aromatic rings. The monoisotopic (exact) mass is 373 g/mol. The van der Waals surface area contributed by atoms with Crippen LogP contribution in [-0.4, -0.2) is 0 Å². The smallest absolute Gasteiger partial charge is 0.0406 e. The fourth-order valence-corrected chi connectivity index (χ4v) is 2.86. The Morgan fingerprint density at radius 2 is 1.75 bits per heavy atom. The normalized spacial score (nSPS) is 10.7. The summed E-state index contributed by atoms with van der Waals surface area (Å²) in [5.74, 6) is 0. The highest BCUT2D eigenvalue weighted by atomic mass is 127. The van der Waals surface area contributed by atoms with E-state index in [2.05, 4.69) is 95.5 Å². The number of nitrogens with one attached hydrogen (secondary N) is 1. The molecular formula is C18H16IN. The second-order valence-electron chi connectivity index (χ2n) is 4.96. The lowest BCUT2D eigenvalue weighted by Crippen LogP contribution is -2.00. The van der Waals surface area contributed by atoms with Crippen LogP contribution in [0.1, 0.15) is 11.1 Å². The van der Waals surface area contributed by atoms with Crippen molar-refractivity contribution < 1.29 is 0 Å². The minimum absolute atomic E-state index is 0.848. The number of fused-ring (bicyclic) bond motifs is 1. The van der Waals surface area contributed by atoms with E-state index in [0.29, 0.717) is 0 Å². The molecule has 0 amide bonds. The predicted octanol–water partition coefficient (Wildman–Crippen LogP) is 5.36. The number of rotatable bonds is 3. The van der Waals surface area contributed by atoms with Gasteiger partial charge in [0.05, 0.1) is 0 Å². The van der Waals surface area contributed by atoms with Crippen molar-refractivity contribution in [2.75, 3.05) is 5.32 Å². The lowest BCUT2D eigenvalue weighted by Gasteiger charge is -2.10. The second kappa shape index (κ2) is 5.83. The molecule has 1 N–H and O–H groups in total. The van der Waals surface area contributed by atoms with Gasteiger partial charge in [0.1, 0.15) is 0 Å². The molecule has 2 heteroatoms. The summed E-state index contributed by atoms with van der Waals surface area (Å²) in [7, 11) is 0.